The molecule has 1 amide bonds. The van der Waals surface area contributed by atoms with Crippen LogP contribution in [0.5, 0.6) is 0 Å². The largest absolute Gasteiger partial charge is 0.369 e. The van der Waals surface area contributed by atoms with Crippen LogP contribution in [0.2, 0.25) is 0 Å². The van der Waals surface area contributed by atoms with Crippen LogP contribution >= 0.6 is 0 Å². The highest BCUT2D eigenvalue weighted by Crippen LogP contribution is 2.54. The minimum atomic E-state index is -0.0308. The number of ether oxygens (including phenoxy) is 1. The Balaban J connectivity index is 1.30. The summed E-state index contributed by atoms with van der Waals surface area (Å²) in [6.07, 6.45) is 6.38. The predicted molar refractivity (Wildman–Crippen MR) is 108 cm³/mol. The minimum absolute atomic E-state index is 0.0308. The highest BCUT2D eigenvalue weighted by molar-refractivity contribution is 5.76. The fourth-order valence-electron chi connectivity index (χ4n) is 5.59. The Morgan fingerprint density at radius 1 is 1.26 bits per heavy atom. The number of amides is 1. The molecule has 3 aliphatic heterocycles. The van der Waals surface area contributed by atoms with Gasteiger partial charge in [-0.15, -0.1) is 0 Å². The molecule has 1 aromatic rings. The molecule has 1 spiro atoms. The molecule has 27 heavy (non-hydrogen) atoms. The van der Waals surface area contributed by atoms with E-state index in [1.807, 2.05) is 0 Å². The van der Waals surface area contributed by atoms with Crippen LogP contribution in [0, 0.1) is 11.8 Å². The molecule has 3 fully saturated rings. The third-order valence-electron chi connectivity index (χ3n) is 7.00. The first-order chi connectivity index (χ1) is 13.0. The van der Waals surface area contributed by atoms with Crippen LogP contribution in [-0.4, -0.2) is 61.1 Å². The average molecular weight is 371 g/mol. The Labute approximate surface area is 163 Å². The molecule has 4 rings (SSSR count). The molecule has 3 heterocycles. The van der Waals surface area contributed by atoms with Crippen molar-refractivity contribution in [3.63, 3.8) is 0 Å². The van der Waals surface area contributed by atoms with Crippen molar-refractivity contribution in [3.05, 3.63) is 35.4 Å². The Morgan fingerprint density at radius 2 is 2.00 bits per heavy atom. The van der Waals surface area contributed by atoms with Gasteiger partial charge in [0.2, 0.25) is 5.91 Å². The van der Waals surface area contributed by atoms with E-state index in [1.165, 1.54) is 17.5 Å². The van der Waals surface area contributed by atoms with Crippen LogP contribution in [0.25, 0.3) is 0 Å². The van der Waals surface area contributed by atoms with Gasteiger partial charge in [-0.3, -0.25) is 4.79 Å². The number of hydrogen-bond acceptors (Lipinski definition) is 3. The summed E-state index contributed by atoms with van der Waals surface area (Å²) in [7, 11) is 4.28. The Morgan fingerprint density at radius 3 is 2.70 bits per heavy atom. The Kier molecular flexibility index (Phi) is 5.30. The van der Waals surface area contributed by atoms with Crippen molar-refractivity contribution in [2.24, 2.45) is 11.8 Å². The van der Waals surface area contributed by atoms with E-state index >= 15 is 0 Å². The number of benzene rings is 1. The summed E-state index contributed by atoms with van der Waals surface area (Å²) in [4.78, 5) is 17.2. The zero-order valence-electron chi connectivity index (χ0n) is 17.1. The first kappa shape index (κ1) is 18.9. The minimum Gasteiger partial charge on any atom is -0.369 e. The molecule has 4 heteroatoms. The molecule has 4 atom stereocenters. The molecule has 0 aromatic heterocycles. The maximum atomic E-state index is 12.8. The second kappa shape index (κ2) is 7.56. The zero-order chi connectivity index (χ0) is 19.0. The van der Waals surface area contributed by atoms with Gasteiger partial charge in [0.05, 0.1) is 18.2 Å². The maximum absolute atomic E-state index is 12.8. The first-order valence-corrected chi connectivity index (χ1v) is 10.7. The van der Waals surface area contributed by atoms with Crippen LogP contribution in [0.1, 0.15) is 43.7 Å². The molecular formula is C23H34N2O2. The lowest BCUT2D eigenvalue weighted by molar-refractivity contribution is -0.131. The number of carbonyl (C=O) groups is 1. The predicted octanol–water partition coefficient (Wildman–Crippen LogP) is 3.14. The van der Waals surface area contributed by atoms with Crippen LogP contribution in [0.15, 0.2) is 24.3 Å². The van der Waals surface area contributed by atoms with E-state index in [0.29, 0.717) is 30.3 Å². The Bertz CT molecular complexity index is 671. The number of nitrogens with zero attached hydrogens (tertiary/aromatic N) is 2. The lowest BCUT2D eigenvalue weighted by Crippen LogP contribution is -2.40. The van der Waals surface area contributed by atoms with Gasteiger partial charge in [-0.1, -0.05) is 31.2 Å². The Hall–Kier alpha value is -1.39. The third-order valence-corrected chi connectivity index (χ3v) is 7.00. The van der Waals surface area contributed by atoms with Gasteiger partial charge >= 0.3 is 0 Å². The number of hydrogen-bond donors (Lipinski definition) is 0. The van der Waals surface area contributed by atoms with Gasteiger partial charge in [0.1, 0.15) is 0 Å². The lowest BCUT2D eigenvalue weighted by Gasteiger charge is -2.30. The molecule has 1 aromatic carbocycles. The van der Waals surface area contributed by atoms with Gasteiger partial charge in [-0.05, 0) is 57.3 Å². The van der Waals surface area contributed by atoms with E-state index in [9.17, 15) is 4.79 Å². The molecule has 2 bridgehead atoms. The zero-order valence-corrected chi connectivity index (χ0v) is 17.1. The normalized spacial score (nSPS) is 31.7. The molecule has 0 N–H and O–H groups in total. The monoisotopic (exact) mass is 370 g/mol. The summed E-state index contributed by atoms with van der Waals surface area (Å²) < 4.78 is 6.45. The number of likely N-dealkylation sites (tertiary alicyclic amines) is 1. The van der Waals surface area contributed by atoms with Gasteiger partial charge in [-0.25, -0.2) is 0 Å². The second-order valence-corrected chi connectivity index (χ2v) is 9.09. The number of carbonyl (C=O) groups excluding carboxylic acids is 1. The van der Waals surface area contributed by atoms with Crippen molar-refractivity contribution in [1.82, 2.24) is 9.80 Å². The fourth-order valence-corrected chi connectivity index (χ4v) is 5.59. The average Bonchev–Trinajstić information content (AvgIpc) is 3.31. The van der Waals surface area contributed by atoms with E-state index in [-0.39, 0.29) is 5.60 Å². The molecule has 3 aliphatic rings. The molecule has 0 saturated carbocycles. The van der Waals surface area contributed by atoms with Gasteiger partial charge < -0.3 is 14.5 Å². The van der Waals surface area contributed by atoms with Gasteiger partial charge in [-0.2, -0.15) is 0 Å². The molecule has 4 nitrogen and oxygen atoms in total. The summed E-state index contributed by atoms with van der Waals surface area (Å²) in [5.41, 5.74) is 2.68. The second-order valence-electron chi connectivity index (χ2n) is 9.09. The number of aryl methyl sites for hydroxylation is 2. The highest BCUT2D eigenvalue weighted by Gasteiger charge is 2.63. The summed E-state index contributed by atoms with van der Waals surface area (Å²) in [6.45, 7) is 4.98. The van der Waals surface area contributed by atoms with Crippen LogP contribution in [0.4, 0.5) is 0 Å². The fraction of sp³-hybridized carbons (Fsp3) is 0.696. The van der Waals surface area contributed by atoms with Gasteiger partial charge in [0.15, 0.2) is 0 Å². The number of rotatable bonds is 7. The van der Waals surface area contributed by atoms with Crippen LogP contribution in [-0.2, 0) is 22.4 Å². The molecule has 0 aliphatic carbocycles. The van der Waals surface area contributed by atoms with Gasteiger partial charge in [0, 0.05) is 31.3 Å². The highest BCUT2D eigenvalue weighted by atomic mass is 16.5. The van der Waals surface area contributed by atoms with Crippen molar-refractivity contribution in [2.45, 2.75) is 57.2 Å². The van der Waals surface area contributed by atoms with Crippen LogP contribution in [0.3, 0.4) is 0 Å². The SMILES string of the molecule is CCc1ccc(CCCC(=O)N2C[C@@H]3[C@H](CN(C)C)[C@H]4CC[C@]3(C2)O4)cc1. The molecule has 0 radical (unpaired) electrons. The quantitative estimate of drug-likeness (QED) is 0.739. The number of fused-ring (bicyclic) bond motifs is 1. The maximum Gasteiger partial charge on any atom is 0.222 e. The summed E-state index contributed by atoms with van der Waals surface area (Å²) in [5.74, 6) is 1.44. The first-order valence-electron chi connectivity index (χ1n) is 10.7. The van der Waals surface area contributed by atoms with Crippen molar-refractivity contribution >= 4 is 5.91 Å². The van der Waals surface area contributed by atoms with E-state index in [4.69, 9.17) is 4.74 Å². The molecule has 0 unspecified atom stereocenters. The molecule has 3 saturated heterocycles. The lowest BCUT2D eigenvalue weighted by atomic mass is 9.73. The third kappa shape index (κ3) is 3.66. The molecular weight excluding hydrogens is 336 g/mol. The van der Waals surface area contributed by atoms with Crippen LogP contribution < -0.4 is 0 Å². The van der Waals surface area contributed by atoms with E-state index < -0.39 is 0 Å². The molecule has 148 valence electrons. The van der Waals surface area contributed by atoms with E-state index in [1.54, 1.807) is 0 Å². The van der Waals surface area contributed by atoms with Crippen molar-refractivity contribution in [3.8, 4) is 0 Å². The van der Waals surface area contributed by atoms with E-state index in [2.05, 4.69) is 55.1 Å². The van der Waals surface area contributed by atoms with Crippen molar-refractivity contribution in [1.29, 1.82) is 0 Å². The van der Waals surface area contributed by atoms with E-state index in [0.717, 1.165) is 45.3 Å². The topological polar surface area (TPSA) is 32.8 Å². The summed E-state index contributed by atoms with van der Waals surface area (Å²) in [5, 5.41) is 0. The summed E-state index contributed by atoms with van der Waals surface area (Å²) in [6, 6.07) is 8.83. The van der Waals surface area contributed by atoms with Crippen molar-refractivity contribution < 1.29 is 9.53 Å². The van der Waals surface area contributed by atoms with Gasteiger partial charge in [0.25, 0.3) is 0 Å². The summed E-state index contributed by atoms with van der Waals surface area (Å²) >= 11 is 0. The van der Waals surface area contributed by atoms with Crippen molar-refractivity contribution in [2.75, 3.05) is 33.7 Å². The smallest absolute Gasteiger partial charge is 0.222 e. The standard InChI is InChI=1S/C23H34N2O2/c1-4-17-8-10-18(11-9-17)6-5-7-22(26)25-15-20-19(14-24(2)3)21-12-13-23(20,16-25)27-21/h8-11,19-21H,4-7,12-16H2,1-3H3/t19-,20+,21+,23+/m0/s1.